The summed E-state index contributed by atoms with van der Waals surface area (Å²) in [6.45, 7) is 0.211. The monoisotopic (exact) mass is 320 g/mol. The van der Waals surface area contributed by atoms with Gasteiger partial charge in [0, 0.05) is 17.7 Å². The lowest BCUT2D eigenvalue weighted by Gasteiger charge is -2.09. The number of benzene rings is 2. The average Bonchev–Trinajstić information content (AvgIpc) is 2.53. The van der Waals surface area contributed by atoms with Crippen molar-refractivity contribution < 1.29 is 19.0 Å². The first-order valence-electron chi connectivity index (χ1n) is 6.71. The van der Waals surface area contributed by atoms with Crippen molar-refractivity contribution in [2.24, 2.45) is 0 Å². The molecule has 0 spiro atoms. The lowest BCUT2D eigenvalue weighted by Crippen LogP contribution is -2.04. The highest BCUT2D eigenvalue weighted by Crippen LogP contribution is 2.30. The second kappa shape index (κ2) is 7.82. The van der Waals surface area contributed by atoms with Crippen LogP contribution in [0.3, 0.4) is 0 Å². The predicted octanol–water partition coefficient (Wildman–Crippen LogP) is 3.71. The van der Waals surface area contributed by atoms with E-state index in [1.807, 2.05) is 36.4 Å². The van der Waals surface area contributed by atoms with E-state index < -0.39 is 0 Å². The maximum Gasteiger partial charge on any atom is 0.309 e. The number of carbonyl (C=O) groups excluding carboxylic acids is 1. The molecule has 2 rings (SSSR count). The van der Waals surface area contributed by atoms with Gasteiger partial charge in [-0.15, -0.1) is 0 Å². The van der Waals surface area contributed by atoms with Gasteiger partial charge in [0.05, 0.1) is 13.5 Å². The summed E-state index contributed by atoms with van der Waals surface area (Å²) in [4.78, 5) is 11.3. The van der Waals surface area contributed by atoms with Gasteiger partial charge in [-0.25, -0.2) is 0 Å². The molecule has 0 aliphatic rings. The van der Waals surface area contributed by atoms with Crippen LogP contribution in [0.5, 0.6) is 5.75 Å². The van der Waals surface area contributed by atoms with E-state index >= 15 is 0 Å². The van der Waals surface area contributed by atoms with Crippen molar-refractivity contribution in [1.82, 2.24) is 0 Å². The number of rotatable bonds is 6. The van der Waals surface area contributed by atoms with Crippen molar-refractivity contribution >= 4 is 17.6 Å². The molecule has 5 heteroatoms. The maximum absolute atomic E-state index is 11.3. The molecule has 0 amide bonds. The van der Waals surface area contributed by atoms with Crippen molar-refractivity contribution in [2.45, 2.75) is 6.42 Å². The first kappa shape index (κ1) is 16.3. The predicted molar refractivity (Wildman–Crippen MR) is 85.1 cm³/mol. The normalized spacial score (nSPS) is 10.3. The summed E-state index contributed by atoms with van der Waals surface area (Å²) in [7, 11) is 2.94. The van der Waals surface area contributed by atoms with Crippen LogP contribution in [0.2, 0.25) is 5.02 Å². The average molecular weight is 321 g/mol. The Labute approximate surface area is 134 Å². The van der Waals surface area contributed by atoms with Crippen LogP contribution in [-0.4, -0.2) is 27.0 Å². The highest BCUT2D eigenvalue weighted by molar-refractivity contribution is 6.33. The largest absolute Gasteiger partial charge is 0.469 e. The number of ether oxygens (including phenoxy) is 3. The Morgan fingerprint density at radius 3 is 2.41 bits per heavy atom. The molecule has 0 N–H and O–H groups in total. The molecule has 0 aliphatic heterocycles. The van der Waals surface area contributed by atoms with Crippen LogP contribution in [-0.2, 0) is 20.7 Å². The molecule has 4 nitrogen and oxygen atoms in total. The van der Waals surface area contributed by atoms with Gasteiger partial charge in [-0.2, -0.15) is 0 Å². The van der Waals surface area contributed by atoms with Crippen LogP contribution in [0.4, 0.5) is 0 Å². The zero-order chi connectivity index (χ0) is 15.9. The topological polar surface area (TPSA) is 44.8 Å². The number of hydrogen-bond acceptors (Lipinski definition) is 4. The summed E-state index contributed by atoms with van der Waals surface area (Å²) in [6.07, 6.45) is 0.209. The third kappa shape index (κ3) is 4.23. The second-order valence-corrected chi connectivity index (χ2v) is 5.05. The molecular weight excluding hydrogens is 304 g/mol. The van der Waals surface area contributed by atoms with Gasteiger partial charge in [0.15, 0.2) is 6.79 Å². The smallest absolute Gasteiger partial charge is 0.309 e. The standard InChI is InChI=1S/C17H17ClO4/c1-20-11-22-14-6-4-13(5-7-14)15-8-3-12(9-16(15)18)10-17(19)21-2/h3-9H,10-11H2,1-2H3. The maximum atomic E-state index is 11.3. The van der Waals surface area contributed by atoms with Gasteiger partial charge < -0.3 is 14.2 Å². The van der Waals surface area contributed by atoms with Crippen LogP contribution >= 0.6 is 11.6 Å². The third-order valence-electron chi connectivity index (χ3n) is 3.12. The summed E-state index contributed by atoms with van der Waals surface area (Å²) in [6, 6.07) is 13.1. The Kier molecular flexibility index (Phi) is 5.81. The molecular formula is C17H17ClO4. The van der Waals surface area contributed by atoms with Crippen LogP contribution in [0.15, 0.2) is 42.5 Å². The van der Waals surface area contributed by atoms with E-state index in [9.17, 15) is 4.79 Å². The highest BCUT2D eigenvalue weighted by atomic mass is 35.5. The van der Waals surface area contributed by atoms with E-state index in [2.05, 4.69) is 4.74 Å². The molecule has 0 radical (unpaired) electrons. The molecule has 116 valence electrons. The van der Waals surface area contributed by atoms with E-state index in [-0.39, 0.29) is 19.2 Å². The van der Waals surface area contributed by atoms with E-state index in [0.29, 0.717) is 5.02 Å². The van der Waals surface area contributed by atoms with Gasteiger partial charge >= 0.3 is 5.97 Å². The molecule has 0 fully saturated rings. The molecule has 0 atom stereocenters. The summed E-state index contributed by atoms with van der Waals surface area (Å²) < 4.78 is 14.8. The molecule has 0 saturated carbocycles. The van der Waals surface area contributed by atoms with E-state index in [1.165, 1.54) is 7.11 Å². The minimum Gasteiger partial charge on any atom is -0.469 e. The number of esters is 1. The van der Waals surface area contributed by atoms with Crippen molar-refractivity contribution in [3.05, 3.63) is 53.1 Å². The number of halogens is 1. The quantitative estimate of drug-likeness (QED) is 0.601. The molecule has 2 aromatic carbocycles. The number of methoxy groups -OCH3 is 2. The van der Waals surface area contributed by atoms with Crippen LogP contribution in [0, 0.1) is 0 Å². The molecule has 0 bridgehead atoms. The van der Waals surface area contributed by atoms with Gasteiger partial charge in [-0.1, -0.05) is 35.9 Å². The first-order valence-corrected chi connectivity index (χ1v) is 7.09. The van der Waals surface area contributed by atoms with Gasteiger partial charge in [-0.3, -0.25) is 4.79 Å². The van der Waals surface area contributed by atoms with Crippen LogP contribution < -0.4 is 4.74 Å². The minimum absolute atomic E-state index is 0.209. The van der Waals surface area contributed by atoms with Crippen molar-refractivity contribution in [3.63, 3.8) is 0 Å². The van der Waals surface area contributed by atoms with Gasteiger partial charge in [0.2, 0.25) is 0 Å². The van der Waals surface area contributed by atoms with Crippen LogP contribution in [0.1, 0.15) is 5.56 Å². The first-order chi connectivity index (χ1) is 10.6. The molecule has 22 heavy (non-hydrogen) atoms. The summed E-state index contributed by atoms with van der Waals surface area (Å²) in [5.41, 5.74) is 2.69. The number of hydrogen-bond donors (Lipinski definition) is 0. The number of carbonyl (C=O) groups is 1. The lowest BCUT2D eigenvalue weighted by atomic mass is 10.0. The molecule has 0 saturated heterocycles. The summed E-state index contributed by atoms with van der Waals surface area (Å²) in [5, 5.41) is 0.590. The second-order valence-electron chi connectivity index (χ2n) is 4.64. The Balaban J connectivity index is 2.16. The Hall–Kier alpha value is -2.04. The highest BCUT2D eigenvalue weighted by Gasteiger charge is 2.08. The van der Waals surface area contributed by atoms with E-state index in [0.717, 1.165) is 22.4 Å². The summed E-state index contributed by atoms with van der Waals surface area (Å²) in [5.74, 6) is 0.437. The van der Waals surface area contributed by atoms with Crippen LogP contribution in [0.25, 0.3) is 11.1 Å². The van der Waals surface area contributed by atoms with Crippen molar-refractivity contribution in [1.29, 1.82) is 0 Å². The Morgan fingerprint density at radius 2 is 1.82 bits per heavy atom. The van der Waals surface area contributed by atoms with E-state index in [4.69, 9.17) is 21.1 Å². The fourth-order valence-corrected chi connectivity index (χ4v) is 2.31. The molecule has 0 unspecified atom stereocenters. The minimum atomic E-state index is -0.288. The zero-order valence-electron chi connectivity index (χ0n) is 12.5. The summed E-state index contributed by atoms with van der Waals surface area (Å²) >= 11 is 6.31. The Morgan fingerprint density at radius 1 is 1.09 bits per heavy atom. The third-order valence-corrected chi connectivity index (χ3v) is 3.43. The zero-order valence-corrected chi connectivity index (χ0v) is 13.2. The van der Waals surface area contributed by atoms with Gasteiger partial charge in [0.1, 0.15) is 5.75 Å². The molecule has 0 heterocycles. The van der Waals surface area contributed by atoms with E-state index in [1.54, 1.807) is 13.2 Å². The van der Waals surface area contributed by atoms with Crippen molar-refractivity contribution in [2.75, 3.05) is 21.0 Å². The molecule has 2 aromatic rings. The Bertz CT molecular complexity index is 638. The van der Waals surface area contributed by atoms with Gasteiger partial charge in [-0.05, 0) is 29.3 Å². The molecule has 0 aliphatic carbocycles. The fourth-order valence-electron chi connectivity index (χ4n) is 2.00. The SMILES string of the molecule is COCOc1ccc(-c2ccc(CC(=O)OC)cc2Cl)cc1. The van der Waals surface area contributed by atoms with Gasteiger partial charge in [0.25, 0.3) is 0 Å². The lowest BCUT2D eigenvalue weighted by molar-refractivity contribution is -0.139. The van der Waals surface area contributed by atoms with Crippen molar-refractivity contribution in [3.8, 4) is 16.9 Å². The fraction of sp³-hybridized carbons (Fsp3) is 0.235. The molecule has 0 aromatic heterocycles.